The van der Waals surface area contributed by atoms with E-state index < -0.39 is 0 Å². The highest BCUT2D eigenvalue weighted by atomic mass is 16.5. The number of rotatable bonds is 1. The molecule has 0 fully saturated rings. The molecule has 0 aromatic rings. The van der Waals surface area contributed by atoms with Crippen molar-refractivity contribution >= 4 is 5.90 Å². The summed E-state index contributed by atoms with van der Waals surface area (Å²) in [4.78, 5) is 4.75. The van der Waals surface area contributed by atoms with Gasteiger partial charge in [0.2, 0.25) is 0 Å². The highest BCUT2D eigenvalue weighted by Crippen LogP contribution is 2.43. The lowest BCUT2D eigenvalue weighted by Crippen LogP contribution is -2.44. The van der Waals surface area contributed by atoms with E-state index in [0.717, 1.165) is 12.3 Å². The number of hydrogen-bond donors (Lipinski definition) is 0. The molecule has 0 saturated heterocycles. The Balaban J connectivity index is 2.40. The van der Waals surface area contributed by atoms with E-state index in [9.17, 15) is 0 Å². The second-order valence-corrected chi connectivity index (χ2v) is 5.20. The van der Waals surface area contributed by atoms with Crippen LogP contribution in [0.5, 0.6) is 0 Å². The molecule has 2 atom stereocenters. The third-order valence-corrected chi connectivity index (χ3v) is 3.92. The lowest BCUT2D eigenvalue weighted by molar-refractivity contribution is 0.148. The Labute approximate surface area is 92.4 Å². The Morgan fingerprint density at radius 2 is 2.27 bits per heavy atom. The fourth-order valence-corrected chi connectivity index (χ4v) is 2.69. The molecule has 2 unspecified atom stereocenters. The molecule has 15 heavy (non-hydrogen) atoms. The quantitative estimate of drug-likeness (QED) is 0.644. The SMILES string of the molecule is CC1=NC(C)(C(C)C)C2CCCC=C2O1. The first-order valence-electron chi connectivity index (χ1n) is 5.98. The van der Waals surface area contributed by atoms with E-state index >= 15 is 0 Å². The maximum Gasteiger partial charge on any atom is 0.187 e. The number of fused-ring (bicyclic) bond motifs is 1. The molecular weight excluding hydrogens is 186 g/mol. The van der Waals surface area contributed by atoms with Gasteiger partial charge in [-0.2, -0.15) is 0 Å². The predicted octanol–water partition coefficient (Wildman–Crippen LogP) is 3.53. The molecule has 0 saturated carbocycles. The molecule has 2 rings (SSSR count). The molecule has 2 aliphatic rings. The summed E-state index contributed by atoms with van der Waals surface area (Å²) < 4.78 is 5.75. The van der Waals surface area contributed by atoms with Gasteiger partial charge in [0, 0.05) is 12.8 Å². The van der Waals surface area contributed by atoms with E-state index in [1.165, 1.54) is 18.6 Å². The maximum absolute atomic E-state index is 5.75. The molecule has 0 spiro atoms. The van der Waals surface area contributed by atoms with Crippen LogP contribution in [-0.2, 0) is 4.74 Å². The van der Waals surface area contributed by atoms with Crippen molar-refractivity contribution in [1.29, 1.82) is 0 Å². The van der Waals surface area contributed by atoms with E-state index in [1.54, 1.807) is 0 Å². The van der Waals surface area contributed by atoms with Crippen molar-refractivity contribution in [2.75, 3.05) is 0 Å². The number of ether oxygens (including phenoxy) is 1. The molecule has 0 bridgehead atoms. The molecule has 1 aliphatic heterocycles. The molecule has 84 valence electrons. The Morgan fingerprint density at radius 3 is 2.93 bits per heavy atom. The molecule has 1 heterocycles. The largest absolute Gasteiger partial charge is 0.448 e. The van der Waals surface area contributed by atoms with Gasteiger partial charge in [0.1, 0.15) is 5.76 Å². The van der Waals surface area contributed by atoms with Gasteiger partial charge in [0.15, 0.2) is 5.90 Å². The minimum atomic E-state index is 0.0363. The van der Waals surface area contributed by atoms with E-state index in [2.05, 4.69) is 26.8 Å². The second kappa shape index (κ2) is 3.66. The molecule has 0 aromatic carbocycles. The van der Waals surface area contributed by atoms with Crippen molar-refractivity contribution in [2.45, 2.75) is 52.5 Å². The van der Waals surface area contributed by atoms with Gasteiger partial charge in [0.05, 0.1) is 5.54 Å². The van der Waals surface area contributed by atoms with Gasteiger partial charge >= 0.3 is 0 Å². The van der Waals surface area contributed by atoms with Crippen molar-refractivity contribution in [3.8, 4) is 0 Å². The first-order chi connectivity index (χ1) is 7.04. The fourth-order valence-electron chi connectivity index (χ4n) is 2.69. The Kier molecular flexibility index (Phi) is 2.61. The topological polar surface area (TPSA) is 21.6 Å². The summed E-state index contributed by atoms with van der Waals surface area (Å²) >= 11 is 0. The highest BCUT2D eigenvalue weighted by molar-refractivity contribution is 5.76. The van der Waals surface area contributed by atoms with Crippen LogP contribution in [-0.4, -0.2) is 11.4 Å². The summed E-state index contributed by atoms with van der Waals surface area (Å²) in [6.45, 7) is 8.75. The first kappa shape index (κ1) is 10.7. The molecule has 1 aliphatic carbocycles. The number of aliphatic imine (C=N–C) groups is 1. The van der Waals surface area contributed by atoms with Crippen molar-refractivity contribution < 1.29 is 4.74 Å². The third kappa shape index (κ3) is 1.70. The van der Waals surface area contributed by atoms with Crippen LogP contribution in [0.4, 0.5) is 0 Å². The summed E-state index contributed by atoms with van der Waals surface area (Å²) in [6, 6.07) is 0. The maximum atomic E-state index is 5.75. The van der Waals surface area contributed by atoms with Gasteiger partial charge in [-0.3, -0.25) is 0 Å². The molecule has 0 aromatic heterocycles. The van der Waals surface area contributed by atoms with Crippen LogP contribution in [0.1, 0.15) is 47.0 Å². The fraction of sp³-hybridized carbons (Fsp3) is 0.769. The zero-order valence-electron chi connectivity index (χ0n) is 10.2. The molecule has 2 heteroatoms. The van der Waals surface area contributed by atoms with Gasteiger partial charge < -0.3 is 4.74 Å². The van der Waals surface area contributed by atoms with E-state index in [1.807, 2.05) is 6.92 Å². The standard InChI is InChI=1S/C13H21NO/c1-9(2)13(4)11-7-5-6-8-12(11)15-10(3)14-13/h8-9,11H,5-7H2,1-4H3. The van der Waals surface area contributed by atoms with Gasteiger partial charge in [-0.15, -0.1) is 0 Å². The van der Waals surface area contributed by atoms with Gasteiger partial charge in [0.25, 0.3) is 0 Å². The van der Waals surface area contributed by atoms with Crippen molar-refractivity contribution in [1.82, 2.24) is 0 Å². The second-order valence-electron chi connectivity index (χ2n) is 5.20. The molecular formula is C13H21NO. The van der Waals surface area contributed by atoms with Crippen LogP contribution in [0, 0.1) is 11.8 Å². The first-order valence-corrected chi connectivity index (χ1v) is 5.98. The lowest BCUT2D eigenvalue weighted by Gasteiger charge is -2.43. The van der Waals surface area contributed by atoms with Gasteiger partial charge in [-0.05, 0) is 38.2 Å². The third-order valence-electron chi connectivity index (χ3n) is 3.92. The zero-order valence-corrected chi connectivity index (χ0v) is 10.2. The Bertz CT molecular complexity index is 316. The summed E-state index contributed by atoms with van der Waals surface area (Å²) in [7, 11) is 0. The molecule has 0 radical (unpaired) electrons. The zero-order chi connectivity index (χ0) is 11.1. The smallest absolute Gasteiger partial charge is 0.187 e. The number of hydrogen-bond acceptors (Lipinski definition) is 2. The van der Waals surface area contributed by atoms with Gasteiger partial charge in [-0.1, -0.05) is 13.8 Å². The lowest BCUT2D eigenvalue weighted by atomic mass is 9.71. The van der Waals surface area contributed by atoms with E-state index in [4.69, 9.17) is 9.73 Å². The summed E-state index contributed by atoms with van der Waals surface area (Å²) in [6.07, 6.45) is 5.91. The molecule has 2 nitrogen and oxygen atoms in total. The van der Waals surface area contributed by atoms with Gasteiger partial charge in [-0.25, -0.2) is 4.99 Å². The normalized spacial score (nSPS) is 35.4. The Morgan fingerprint density at radius 1 is 1.53 bits per heavy atom. The summed E-state index contributed by atoms with van der Waals surface area (Å²) in [5.41, 5.74) is 0.0363. The van der Waals surface area contributed by atoms with Crippen LogP contribution >= 0.6 is 0 Å². The van der Waals surface area contributed by atoms with Crippen LogP contribution < -0.4 is 0 Å². The molecule has 0 amide bonds. The Hall–Kier alpha value is -0.790. The highest BCUT2D eigenvalue weighted by Gasteiger charge is 2.43. The monoisotopic (exact) mass is 207 g/mol. The van der Waals surface area contributed by atoms with E-state index in [0.29, 0.717) is 11.8 Å². The predicted molar refractivity (Wildman–Crippen MR) is 62.9 cm³/mol. The minimum Gasteiger partial charge on any atom is -0.448 e. The summed E-state index contributed by atoms with van der Waals surface area (Å²) in [5.74, 6) is 3.05. The van der Waals surface area contributed by atoms with Crippen LogP contribution in [0.15, 0.2) is 16.8 Å². The molecule has 0 N–H and O–H groups in total. The number of nitrogens with zero attached hydrogens (tertiary/aromatic N) is 1. The summed E-state index contributed by atoms with van der Waals surface area (Å²) in [5, 5.41) is 0. The van der Waals surface area contributed by atoms with Crippen molar-refractivity contribution in [3.05, 3.63) is 11.8 Å². The van der Waals surface area contributed by atoms with Crippen LogP contribution in [0.3, 0.4) is 0 Å². The van der Waals surface area contributed by atoms with Crippen molar-refractivity contribution in [2.24, 2.45) is 16.8 Å². The minimum absolute atomic E-state index is 0.0363. The van der Waals surface area contributed by atoms with Crippen molar-refractivity contribution in [3.63, 3.8) is 0 Å². The average molecular weight is 207 g/mol. The van der Waals surface area contributed by atoms with Crippen LogP contribution in [0.25, 0.3) is 0 Å². The van der Waals surface area contributed by atoms with E-state index in [-0.39, 0.29) is 5.54 Å². The number of allylic oxidation sites excluding steroid dienone is 1. The van der Waals surface area contributed by atoms with Crippen LogP contribution in [0.2, 0.25) is 0 Å². The average Bonchev–Trinajstić information content (AvgIpc) is 2.17.